The average molecular weight is 1370 g/mol. The summed E-state index contributed by atoms with van der Waals surface area (Å²) in [5, 5.41) is 0. The van der Waals surface area contributed by atoms with Crippen LogP contribution in [0.4, 0.5) is 0 Å². The number of benzene rings is 10. The van der Waals surface area contributed by atoms with E-state index >= 15 is 9.13 Å². The summed E-state index contributed by atoms with van der Waals surface area (Å²) in [6, 6.07) is 94.2. The fraction of sp³-hybridized carbons (Fsp3) is 0.211. The number of ether oxygens (including phenoxy) is 2. The van der Waals surface area contributed by atoms with Crippen molar-refractivity contribution in [3.8, 4) is 0 Å². The molecule has 0 bridgehead atoms. The second-order valence-electron chi connectivity index (χ2n) is 22.2. The zero-order valence-corrected chi connectivity index (χ0v) is 56.3. The second-order valence-corrected chi connectivity index (χ2v) is 27.8. The Hall–Kier alpha value is -7.04. The van der Waals surface area contributed by atoms with Crippen molar-refractivity contribution < 1.29 is 72.9 Å². The number of hydrogen-bond donors (Lipinski definition) is 0. The Morgan fingerprint density at radius 1 is 0.219 bits per heavy atom. The van der Waals surface area contributed by atoms with Gasteiger partial charge in [0.15, 0.2) is 0 Å². The van der Waals surface area contributed by atoms with Crippen LogP contribution in [-0.4, -0.2) is 36.6 Å². The molecule has 0 saturated heterocycles. The molecule has 0 spiro atoms. The van der Waals surface area contributed by atoms with Gasteiger partial charge < -0.3 is 36.6 Å². The molecule has 0 unspecified atom stereocenters. The van der Waals surface area contributed by atoms with Crippen LogP contribution in [0.3, 0.4) is 0 Å². The van der Waals surface area contributed by atoms with E-state index in [2.05, 4.69) is 0 Å². The predicted octanol–water partition coefficient (Wildman–Crippen LogP) is 19.1. The third-order valence-corrected chi connectivity index (χ3v) is 20.1. The summed E-state index contributed by atoms with van der Waals surface area (Å²) in [4.78, 5) is 0. The van der Waals surface area contributed by atoms with Crippen LogP contribution in [-0.2, 0) is 139 Å². The lowest BCUT2D eigenvalue weighted by molar-refractivity contribution is -0.237. The van der Waals surface area contributed by atoms with Crippen molar-refractivity contribution in [3.63, 3.8) is 0 Å². The third kappa shape index (κ3) is 22.5. The summed E-state index contributed by atoms with van der Waals surface area (Å²) in [5.41, 5.74) is 7.36. The van der Waals surface area contributed by atoms with Crippen LogP contribution in [0.2, 0.25) is 0 Å². The predicted molar refractivity (Wildman–Crippen MR) is 368 cm³/mol. The fourth-order valence-corrected chi connectivity index (χ4v) is 15.1. The van der Waals surface area contributed by atoms with Gasteiger partial charge in [0.25, 0.3) is 0 Å². The van der Waals surface area contributed by atoms with Gasteiger partial charge in [0.05, 0.1) is 66.1 Å². The van der Waals surface area contributed by atoms with Gasteiger partial charge >= 0.3 is 32.9 Å². The van der Waals surface area contributed by atoms with Crippen LogP contribution in [0.25, 0.3) is 0 Å². The second kappa shape index (κ2) is 37.6. The van der Waals surface area contributed by atoms with Gasteiger partial charge in [0.2, 0.25) is 0 Å². The Balaban J connectivity index is 1.12. The first-order valence-electron chi connectivity index (χ1n) is 31.5. The first kappa shape index (κ1) is 70.3. The van der Waals surface area contributed by atoms with Crippen molar-refractivity contribution in [1.29, 1.82) is 0 Å². The molecule has 0 radical (unpaired) electrons. The average Bonchev–Trinajstić information content (AvgIpc) is 0.750. The highest BCUT2D eigenvalue weighted by molar-refractivity contribution is 7.48. The number of phosphoric ester groups is 2. The summed E-state index contributed by atoms with van der Waals surface area (Å²) in [7, 11) is -14.9. The van der Waals surface area contributed by atoms with E-state index in [0.29, 0.717) is 22.3 Å². The van der Waals surface area contributed by atoms with Gasteiger partial charge in [-0.05, 0) is 55.6 Å². The Morgan fingerprint density at radius 3 is 0.594 bits per heavy atom. The highest BCUT2D eigenvalue weighted by atomic mass is 31.2. The third-order valence-electron chi connectivity index (χ3n) is 15.1. The SMILES string of the molecule is O=P(OCc1ccccc1)(OCc1ccccc1)O[C@@H]1[C@H](OCc2ccccc2)[C@@H](OP(OCc2ccccc2)OCc2ccccc2)[C@H](OP(OCc2ccccc2)OCc2ccccc2)[C@@H](OCc2ccccc2)[C@@H]1OP(=O)(OCc1ccccc1)OCc1ccccc1. The monoisotopic (exact) mass is 1370 g/mol. The maximum atomic E-state index is 16.5. The van der Waals surface area contributed by atoms with Gasteiger partial charge in [-0.2, -0.15) is 0 Å². The van der Waals surface area contributed by atoms with Crippen molar-refractivity contribution in [2.24, 2.45) is 0 Å². The van der Waals surface area contributed by atoms with E-state index in [9.17, 15) is 0 Å². The van der Waals surface area contributed by atoms with E-state index in [1.807, 2.05) is 303 Å². The Bertz CT molecular complexity index is 3440. The normalized spacial score (nSPS) is 17.4. The molecule has 96 heavy (non-hydrogen) atoms. The summed E-state index contributed by atoms with van der Waals surface area (Å²) in [6.45, 7) is -1.05. The number of rotatable bonds is 38. The van der Waals surface area contributed by atoms with Crippen LogP contribution >= 0.6 is 32.9 Å². The van der Waals surface area contributed by atoms with Crippen molar-refractivity contribution in [2.75, 3.05) is 0 Å². The molecule has 1 aliphatic rings. The molecule has 6 atom stereocenters. The van der Waals surface area contributed by atoms with Gasteiger partial charge in [-0.15, -0.1) is 0 Å². The molecule has 0 N–H and O–H groups in total. The lowest BCUT2D eigenvalue weighted by atomic mass is 9.84. The molecule has 0 heterocycles. The first-order chi connectivity index (χ1) is 47.3. The van der Waals surface area contributed by atoms with Gasteiger partial charge in [0.1, 0.15) is 36.6 Å². The molecule has 0 aliphatic heterocycles. The Morgan fingerprint density at radius 2 is 0.396 bits per heavy atom. The lowest BCUT2D eigenvalue weighted by Gasteiger charge is -2.50. The minimum absolute atomic E-state index is 0.0400. The number of phosphoric acid groups is 2. The van der Waals surface area contributed by atoms with Crippen LogP contribution in [0.1, 0.15) is 55.6 Å². The molecule has 11 rings (SSSR count). The van der Waals surface area contributed by atoms with Crippen LogP contribution in [0.5, 0.6) is 0 Å². The largest absolute Gasteiger partial charge is 0.475 e. The molecule has 10 aromatic carbocycles. The van der Waals surface area contributed by atoms with E-state index in [4.69, 9.17) is 63.8 Å². The maximum Gasteiger partial charge on any atom is 0.475 e. The van der Waals surface area contributed by atoms with E-state index in [-0.39, 0.29) is 66.1 Å². The van der Waals surface area contributed by atoms with E-state index in [0.717, 1.165) is 33.4 Å². The summed E-state index contributed by atoms with van der Waals surface area (Å²) >= 11 is 0. The van der Waals surface area contributed by atoms with Crippen molar-refractivity contribution in [3.05, 3.63) is 359 Å². The van der Waals surface area contributed by atoms with Crippen molar-refractivity contribution in [2.45, 2.75) is 103 Å². The molecule has 0 aromatic heterocycles. The smallest absolute Gasteiger partial charge is 0.368 e. The minimum Gasteiger partial charge on any atom is -0.368 e. The van der Waals surface area contributed by atoms with Crippen LogP contribution in [0, 0.1) is 0 Å². The molecule has 16 nitrogen and oxygen atoms in total. The van der Waals surface area contributed by atoms with E-state index in [1.54, 1.807) is 0 Å². The van der Waals surface area contributed by atoms with E-state index in [1.165, 1.54) is 0 Å². The summed E-state index contributed by atoms with van der Waals surface area (Å²) in [5.74, 6) is 0. The van der Waals surface area contributed by atoms with Crippen LogP contribution < -0.4 is 0 Å². The molecule has 1 fully saturated rings. The Kier molecular flexibility index (Phi) is 27.5. The standard InChI is InChI=1S/C76H76O16P4/c77-95(85-57-67-43-23-7-24-44-67,86-58-68-45-25-8-26-46-68)91-75-71(79-51-61-31-11-1-12-32-61)73(89-93(81-53-63-35-15-3-16-36-63)82-54-64-37-17-4-18-38-64)74(90-94(83-55-65-39-19-5-20-40-65)84-56-66-41-21-6-22-42-66)72(80-52-62-33-13-2-14-34-62)76(75)92-96(78,87-59-69-47-27-9-28-48-69)88-60-70-49-29-10-30-50-70/h1-50,71-76H,51-60H2/t71-,72-,73-,74-,75-,76+/m1/s1. The molecule has 1 saturated carbocycles. The van der Waals surface area contributed by atoms with Gasteiger partial charge in [-0.3, -0.25) is 27.1 Å². The zero-order valence-electron chi connectivity index (χ0n) is 52.7. The molecule has 1 aliphatic carbocycles. The Labute approximate surface area is 564 Å². The highest BCUT2D eigenvalue weighted by Gasteiger charge is 2.61. The van der Waals surface area contributed by atoms with Gasteiger partial charge in [-0.25, -0.2) is 9.13 Å². The quantitative estimate of drug-likeness (QED) is 0.0336. The van der Waals surface area contributed by atoms with Crippen molar-refractivity contribution >= 4 is 32.9 Å². The van der Waals surface area contributed by atoms with Crippen LogP contribution in [0.15, 0.2) is 303 Å². The zero-order chi connectivity index (χ0) is 65.7. The molecule has 20 heteroatoms. The maximum absolute atomic E-state index is 16.5. The summed E-state index contributed by atoms with van der Waals surface area (Å²) in [6.07, 6.45) is -9.54. The van der Waals surface area contributed by atoms with Gasteiger partial charge in [0, 0.05) is 0 Å². The summed E-state index contributed by atoms with van der Waals surface area (Å²) < 4.78 is 130. The molecule has 10 aromatic rings. The van der Waals surface area contributed by atoms with Crippen molar-refractivity contribution in [1.82, 2.24) is 0 Å². The molecule has 496 valence electrons. The number of hydrogen-bond acceptors (Lipinski definition) is 16. The topological polar surface area (TPSA) is 163 Å². The molecule has 0 amide bonds. The minimum atomic E-state index is -4.97. The molecular formula is C76H76O16P4. The fourth-order valence-electron chi connectivity index (χ4n) is 10.1. The first-order valence-corrected chi connectivity index (χ1v) is 36.6. The highest BCUT2D eigenvalue weighted by Crippen LogP contribution is 2.60. The van der Waals surface area contributed by atoms with Gasteiger partial charge in [-0.1, -0.05) is 303 Å². The lowest BCUT2D eigenvalue weighted by Crippen LogP contribution is -2.66. The van der Waals surface area contributed by atoms with E-state index < -0.39 is 69.5 Å². The molecular weight excluding hydrogens is 1290 g/mol.